The predicted molar refractivity (Wildman–Crippen MR) is 309 cm³/mol. The Bertz CT molecular complexity index is 2400. The summed E-state index contributed by atoms with van der Waals surface area (Å²) in [5, 5.41) is 10.6. The molecule has 1 aromatic heterocycles. The van der Waals surface area contributed by atoms with E-state index in [0.717, 1.165) is 28.8 Å². The number of methoxy groups -OCH3 is 1. The summed E-state index contributed by atoms with van der Waals surface area (Å²) in [6.45, 7) is 21.2. The zero-order chi connectivity index (χ0) is 58.3. The van der Waals surface area contributed by atoms with Crippen LogP contribution in [0.25, 0.3) is 0 Å². The fourth-order valence-corrected chi connectivity index (χ4v) is 7.66. The predicted octanol–water partition coefficient (Wildman–Crippen LogP) is 8.49. The van der Waals surface area contributed by atoms with Gasteiger partial charge in [0.15, 0.2) is 0 Å². The van der Waals surface area contributed by atoms with Crippen LogP contribution in [0.1, 0.15) is 136 Å². The number of esters is 2. The molecule has 6 N–H and O–H groups in total. The molecule has 0 aliphatic heterocycles. The summed E-state index contributed by atoms with van der Waals surface area (Å²) in [5.74, 6) is 6.16. The van der Waals surface area contributed by atoms with Gasteiger partial charge in [-0.2, -0.15) is 0 Å². The molecule has 4 rings (SSSR count). The molecule has 0 aliphatic carbocycles. The molecule has 79 heavy (non-hydrogen) atoms. The first kappa shape index (κ1) is 67.1. The summed E-state index contributed by atoms with van der Waals surface area (Å²) in [7, 11) is 5.40. The van der Waals surface area contributed by atoms with Crippen LogP contribution in [-0.2, 0) is 69.2 Å². The zero-order valence-electron chi connectivity index (χ0n) is 49.4. The van der Waals surface area contributed by atoms with Gasteiger partial charge in [0.2, 0.25) is 0 Å². The molecule has 19 nitrogen and oxygen atoms in total. The normalized spacial score (nSPS) is 12.8. The standard InChI is InChI=1S/C52H84N10O8.C8H10O/c1-41(37-69-50(4,5)25-18-29-63)61-36-46(57-58-61)35-60(34-45(56-55-10)33-59(11)40-70-52(8,9)27-24-48(65)67-39-43-21-16-13-17-22-43)31-44(53)32-62(54)49(2,3)28-30-68-51(6,7)26-23-47(64)66-38-42-19-14-12-15-20-42;1-9-7-8-5-3-2-4-6-8/h12-17,19-22,29,32-33,36,41,55-56H,18,23-28,30-31,34-35,37-40,53-54H2,1-11H3;2-6H,7H2,1H3/b44-32-,45-33-;. The number of nitrogens with zero attached hydrogens (tertiary/aromatic N) is 6. The largest absolute Gasteiger partial charge is 0.461 e. The van der Waals surface area contributed by atoms with Crippen molar-refractivity contribution in [3.05, 3.63) is 143 Å². The van der Waals surface area contributed by atoms with Crippen molar-refractivity contribution in [2.45, 2.75) is 162 Å². The summed E-state index contributed by atoms with van der Waals surface area (Å²) in [6.07, 6.45) is 9.60. The van der Waals surface area contributed by atoms with Crippen molar-refractivity contribution in [3.8, 4) is 0 Å². The molecule has 1 atom stereocenters. The van der Waals surface area contributed by atoms with E-state index in [1.165, 1.54) is 5.56 Å². The monoisotopic (exact) mass is 1100 g/mol. The van der Waals surface area contributed by atoms with E-state index < -0.39 is 22.3 Å². The molecule has 0 saturated heterocycles. The minimum Gasteiger partial charge on any atom is -0.461 e. The molecule has 0 amide bonds. The van der Waals surface area contributed by atoms with Gasteiger partial charge < -0.3 is 54.3 Å². The van der Waals surface area contributed by atoms with E-state index >= 15 is 0 Å². The first-order valence-electron chi connectivity index (χ1n) is 27.2. The van der Waals surface area contributed by atoms with Crippen LogP contribution in [0.4, 0.5) is 0 Å². The molecule has 0 saturated carbocycles. The fraction of sp³-hybridized carbons (Fsp3) is 0.550. The van der Waals surface area contributed by atoms with Crippen molar-refractivity contribution in [1.82, 2.24) is 40.7 Å². The maximum absolute atomic E-state index is 12.5. The number of aldehydes is 1. The third-order valence-electron chi connectivity index (χ3n) is 12.8. The topological polar surface area (TPSA) is 223 Å². The average Bonchev–Trinajstić information content (AvgIpc) is 3.90. The maximum Gasteiger partial charge on any atom is 0.306 e. The molecule has 0 spiro atoms. The highest BCUT2D eigenvalue weighted by molar-refractivity contribution is 5.69. The summed E-state index contributed by atoms with van der Waals surface area (Å²) < 4.78 is 36.4. The van der Waals surface area contributed by atoms with E-state index in [4.69, 9.17) is 40.0 Å². The molecule has 1 heterocycles. The van der Waals surface area contributed by atoms with E-state index in [1.807, 2.05) is 178 Å². The number of carbonyl (C=O) groups excluding carboxylic acids is 3. The third-order valence-corrected chi connectivity index (χ3v) is 12.8. The van der Waals surface area contributed by atoms with Crippen molar-refractivity contribution < 1.29 is 42.8 Å². The second-order valence-corrected chi connectivity index (χ2v) is 22.3. The van der Waals surface area contributed by atoms with E-state index in [9.17, 15) is 14.4 Å². The van der Waals surface area contributed by atoms with Gasteiger partial charge in [-0.15, -0.1) is 5.10 Å². The lowest BCUT2D eigenvalue weighted by Gasteiger charge is -2.36. The number of ether oxygens (including phenoxy) is 6. The maximum atomic E-state index is 12.5. The number of nitrogens with two attached hydrogens (primary N) is 2. The van der Waals surface area contributed by atoms with Gasteiger partial charge in [0.05, 0.1) is 59.2 Å². The molecule has 1 unspecified atom stereocenters. The average molecular weight is 1100 g/mol. The number of benzene rings is 3. The lowest BCUT2D eigenvalue weighted by atomic mass is 9.99. The Morgan fingerprint density at radius 3 is 1.76 bits per heavy atom. The van der Waals surface area contributed by atoms with E-state index in [2.05, 4.69) is 26.1 Å². The molecule has 4 aromatic rings. The first-order valence-corrected chi connectivity index (χ1v) is 27.2. The van der Waals surface area contributed by atoms with E-state index in [0.29, 0.717) is 77.3 Å². The van der Waals surface area contributed by atoms with Crippen LogP contribution in [0.2, 0.25) is 0 Å². The Hall–Kier alpha value is -6.19. The van der Waals surface area contributed by atoms with Crippen molar-refractivity contribution >= 4 is 18.2 Å². The van der Waals surface area contributed by atoms with Crippen LogP contribution in [0.3, 0.4) is 0 Å². The summed E-state index contributed by atoms with van der Waals surface area (Å²) in [4.78, 5) is 40.0. The molecule has 0 fully saturated rings. The summed E-state index contributed by atoms with van der Waals surface area (Å²) in [5.41, 5.74) is 16.1. The number of hydrogen-bond donors (Lipinski definition) is 4. The highest BCUT2D eigenvalue weighted by Crippen LogP contribution is 2.24. The Balaban J connectivity index is 0.00000165. The van der Waals surface area contributed by atoms with Crippen LogP contribution in [0.15, 0.2) is 121 Å². The van der Waals surface area contributed by atoms with Gasteiger partial charge in [0.1, 0.15) is 26.2 Å². The van der Waals surface area contributed by atoms with Crippen LogP contribution in [0.5, 0.6) is 0 Å². The highest BCUT2D eigenvalue weighted by atomic mass is 16.5. The van der Waals surface area contributed by atoms with Crippen molar-refractivity contribution in [1.29, 1.82) is 0 Å². The zero-order valence-corrected chi connectivity index (χ0v) is 49.4. The van der Waals surface area contributed by atoms with E-state index in [-0.39, 0.29) is 50.8 Å². The number of rotatable bonds is 37. The van der Waals surface area contributed by atoms with Gasteiger partial charge in [-0.1, -0.05) is 96.2 Å². The van der Waals surface area contributed by atoms with Crippen molar-refractivity contribution in [2.75, 3.05) is 54.2 Å². The Labute approximate surface area is 471 Å². The minimum atomic E-state index is -0.599. The lowest BCUT2D eigenvalue weighted by molar-refractivity contribution is -0.147. The van der Waals surface area contributed by atoms with Gasteiger partial charge >= 0.3 is 11.9 Å². The fourth-order valence-electron chi connectivity index (χ4n) is 7.66. The molecule has 3 aromatic carbocycles. The molecular formula is C60H94N10O9. The molecular weight excluding hydrogens is 1000 g/mol. The van der Waals surface area contributed by atoms with E-state index in [1.54, 1.807) is 30.0 Å². The van der Waals surface area contributed by atoms with Crippen LogP contribution >= 0.6 is 0 Å². The molecule has 19 heteroatoms. The third kappa shape index (κ3) is 29.0. The second kappa shape index (κ2) is 34.7. The molecule has 0 radical (unpaired) electrons. The smallest absolute Gasteiger partial charge is 0.306 e. The quantitative estimate of drug-likeness (QED) is 0.0109. The van der Waals surface area contributed by atoms with Crippen LogP contribution in [-0.4, -0.2) is 125 Å². The SMILES string of the molecule is CNN/C(=C\N(C)COC(C)(C)CCC(=O)OCc1ccccc1)CN(C/C(N)=C/N(N)C(C)(C)CCOC(C)(C)CCC(=O)OCc1ccccc1)Cc1cn(C(C)COC(C)(C)CCC=O)nn1.COCc1ccccc1. The van der Waals surface area contributed by atoms with Crippen molar-refractivity contribution in [3.63, 3.8) is 0 Å². The lowest BCUT2D eigenvalue weighted by Crippen LogP contribution is -2.47. The van der Waals surface area contributed by atoms with Gasteiger partial charge in [-0.25, -0.2) is 16.0 Å². The molecule has 0 bridgehead atoms. The number of carbonyl (C=O) groups is 3. The van der Waals surface area contributed by atoms with Gasteiger partial charge in [-0.3, -0.25) is 14.5 Å². The summed E-state index contributed by atoms with van der Waals surface area (Å²) in [6, 6.07) is 29.2. The Morgan fingerprint density at radius 2 is 1.24 bits per heavy atom. The van der Waals surface area contributed by atoms with Crippen LogP contribution < -0.4 is 22.4 Å². The molecule has 438 valence electrons. The van der Waals surface area contributed by atoms with Crippen molar-refractivity contribution in [2.24, 2.45) is 11.6 Å². The number of aromatic nitrogens is 3. The Kier molecular flexibility index (Phi) is 29.5. The number of nitrogens with one attached hydrogen (secondary N) is 2. The minimum absolute atomic E-state index is 0.113. The van der Waals surface area contributed by atoms with Gasteiger partial charge in [0.25, 0.3) is 0 Å². The molecule has 0 aliphatic rings. The number of hydrogen-bond acceptors (Lipinski definition) is 18. The first-order chi connectivity index (χ1) is 37.4. The van der Waals surface area contributed by atoms with Gasteiger partial charge in [0, 0.05) is 84.8 Å². The highest BCUT2D eigenvalue weighted by Gasteiger charge is 2.27. The van der Waals surface area contributed by atoms with Crippen LogP contribution in [0, 0.1) is 0 Å². The second-order valence-electron chi connectivity index (χ2n) is 22.3. The summed E-state index contributed by atoms with van der Waals surface area (Å²) >= 11 is 0. The van der Waals surface area contributed by atoms with Gasteiger partial charge in [-0.05, 0) is 105 Å². The number of hydrazine groups is 2. The Morgan fingerprint density at radius 1 is 0.722 bits per heavy atom.